The second kappa shape index (κ2) is 7.79. The summed E-state index contributed by atoms with van der Waals surface area (Å²) in [5.41, 5.74) is 1.62. The number of rotatable bonds is 6. The van der Waals surface area contributed by atoms with Gasteiger partial charge in [0.2, 0.25) is 0 Å². The largest absolute Gasteiger partial charge is 0.322 e. The number of carbonyl (C=O) groups excluding carboxylic acids is 1. The van der Waals surface area contributed by atoms with Crippen LogP contribution in [0.15, 0.2) is 24.3 Å². The zero-order chi connectivity index (χ0) is 15.1. The average Bonchev–Trinajstić information content (AvgIpc) is 2.38. The molecule has 0 spiro atoms. The Hall–Kier alpha value is -1.69. The third kappa shape index (κ3) is 5.13. The van der Waals surface area contributed by atoms with E-state index in [2.05, 4.69) is 10.6 Å². The molecule has 2 N–H and O–H groups in total. The van der Waals surface area contributed by atoms with Gasteiger partial charge in [0.25, 0.3) is 6.43 Å². The molecule has 112 valence electrons. The van der Waals surface area contributed by atoms with Crippen molar-refractivity contribution < 1.29 is 13.6 Å². The Bertz CT molecular complexity index is 440. The van der Waals surface area contributed by atoms with Gasteiger partial charge in [-0.3, -0.25) is 0 Å². The van der Waals surface area contributed by atoms with E-state index in [9.17, 15) is 13.6 Å². The smallest absolute Gasteiger partial charge is 0.321 e. The fourth-order valence-corrected chi connectivity index (χ4v) is 1.82. The van der Waals surface area contributed by atoms with E-state index >= 15 is 0 Å². The molecule has 0 aliphatic rings. The highest BCUT2D eigenvalue weighted by atomic mass is 19.3. The van der Waals surface area contributed by atoms with Crippen LogP contribution in [-0.2, 0) is 0 Å². The van der Waals surface area contributed by atoms with Gasteiger partial charge in [-0.05, 0) is 31.2 Å². The molecule has 1 rings (SSSR count). The summed E-state index contributed by atoms with van der Waals surface area (Å²) < 4.78 is 24.4. The van der Waals surface area contributed by atoms with Crippen LogP contribution < -0.4 is 10.6 Å². The van der Waals surface area contributed by atoms with Crippen molar-refractivity contribution in [1.29, 1.82) is 0 Å². The van der Waals surface area contributed by atoms with Gasteiger partial charge in [0.1, 0.15) is 0 Å². The molecule has 1 atom stereocenters. The zero-order valence-electron chi connectivity index (χ0n) is 12.0. The van der Waals surface area contributed by atoms with Gasteiger partial charge >= 0.3 is 6.03 Å². The van der Waals surface area contributed by atoms with Gasteiger partial charge in [-0.15, -0.1) is 0 Å². The van der Waals surface area contributed by atoms with Gasteiger partial charge in [0.15, 0.2) is 0 Å². The van der Waals surface area contributed by atoms with Crippen LogP contribution in [0.1, 0.15) is 25.5 Å². The van der Waals surface area contributed by atoms with E-state index in [-0.39, 0.29) is 6.04 Å². The summed E-state index contributed by atoms with van der Waals surface area (Å²) in [6, 6.07) is 6.96. The lowest BCUT2D eigenvalue weighted by atomic mass is 10.1. The highest BCUT2D eigenvalue weighted by Gasteiger charge is 2.14. The molecule has 0 aliphatic heterocycles. The molecule has 0 radical (unpaired) electrons. The third-order valence-corrected chi connectivity index (χ3v) is 2.91. The van der Waals surface area contributed by atoms with Gasteiger partial charge in [0, 0.05) is 18.8 Å². The molecule has 1 aromatic rings. The number of nitrogens with zero attached hydrogens (tertiary/aromatic N) is 1. The minimum Gasteiger partial charge on any atom is -0.322 e. The van der Waals surface area contributed by atoms with Crippen molar-refractivity contribution in [3.8, 4) is 0 Å². The number of hydrogen-bond acceptors (Lipinski definition) is 2. The Labute approximate surface area is 118 Å². The minimum absolute atomic E-state index is 0.163. The van der Waals surface area contributed by atoms with Crippen molar-refractivity contribution >= 4 is 11.7 Å². The van der Waals surface area contributed by atoms with Gasteiger partial charge < -0.3 is 15.5 Å². The normalized spacial score (nSPS) is 12.3. The summed E-state index contributed by atoms with van der Waals surface area (Å²) in [5.74, 6) is 0. The highest BCUT2D eigenvalue weighted by molar-refractivity contribution is 5.89. The Morgan fingerprint density at radius 3 is 2.70 bits per heavy atom. The summed E-state index contributed by atoms with van der Waals surface area (Å²) >= 11 is 0. The van der Waals surface area contributed by atoms with E-state index in [1.807, 2.05) is 32.0 Å². The number of nitrogens with one attached hydrogen (secondary N) is 2. The monoisotopic (exact) mass is 285 g/mol. The summed E-state index contributed by atoms with van der Waals surface area (Å²) in [4.78, 5) is 12.7. The Balaban J connectivity index is 2.68. The highest BCUT2D eigenvalue weighted by Crippen LogP contribution is 2.17. The Morgan fingerprint density at radius 2 is 2.10 bits per heavy atom. The second-order valence-corrected chi connectivity index (χ2v) is 4.61. The number of amides is 2. The van der Waals surface area contributed by atoms with Gasteiger partial charge in [0.05, 0.1) is 6.54 Å². The van der Waals surface area contributed by atoms with Crippen LogP contribution in [0.3, 0.4) is 0 Å². The molecule has 1 unspecified atom stereocenters. The molecule has 1 aromatic carbocycles. The van der Waals surface area contributed by atoms with Crippen molar-refractivity contribution in [2.45, 2.75) is 26.3 Å². The minimum atomic E-state index is -2.54. The van der Waals surface area contributed by atoms with Crippen LogP contribution in [0.25, 0.3) is 0 Å². The van der Waals surface area contributed by atoms with E-state index in [1.54, 1.807) is 6.07 Å². The van der Waals surface area contributed by atoms with Crippen LogP contribution in [0.5, 0.6) is 0 Å². The number of carbonyl (C=O) groups is 1. The first-order chi connectivity index (χ1) is 9.43. The second-order valence-electron chi connectivity index (χ2n) is 4.61. The van der Waals surface area contributed by atoms with Crippen LogP contribution in [0, 0.1) is 0 Å². The molecule has 0 fully saturated rings. The van der Waals surface area contributed by atoms with Gasteiger partial charge in [-0.2, -0.15) is 0 Å². The molecule has 0 heterocycles. The van der Waals surface area contributed by atoms with E-state index in [4.69, 9.17) is 0 Å². The summed E-state index contributed by atoms with van der Waals surface area (Å²) in [5, 5.41) is 5.88. The predicted molar refractivity (Wildman–Crippen MR) is 76.2 cm³/mol. The van der Waals surface area contributed by atoms with E-state index in [0.29, 0.717) is 5.69 Å². The Kier molecular flexibility index (Phi) is 6.38. The fourth-order valence-electron chi connectivity index (χ4n) is 1.82. The van der Waals surface area contributed by atoms with Crippen LogP contribution in [0.2, 0.25) is 0 Å². The molecule has 2 amide bonds. The molecule has 0 aliphatic carbocycles. The number of benzene rings is 1. The number of hydrogen-bond donors (Lipinski definition) is 2. The molecule has 0 saturated heterocycles. The fraction of sp³-hybridized carbons (Fsp3) is 0.500. The molecule has 6 heteroatoms. The summed E-state index contributed by atoms with van der Waals surface area (Å²) in [6.07, 6.45) is -2.54. The topological polar surface area (TPSA) is 44.4 Å². The maximum Gasteiger partial charge on any atom is 0.321 e. The summed E-state index contributed by atoms with van der Waals surface area (Å²) in [6.45, 7) is 4.29. The number of urea groups is 1. The summed E-state index contributed by atoms with van der Waals surface area (Å²) in [7, 11) is 1.34. The molecule has 4 nitrogen and oxygen atoms in total. The first kappa shape index (κ1) is 16.4. The molecule has 0 aromatic heterocycles. The third-order valence-electron chi connectivity index (χ3n) is 2.91. The molecule has 0 saturated carbocycles. The quantitative estimate of drug-likeness (QED) is 0.843. The van der Waals surface area contributed by atoms with Gasteiger partial charge in [-0.1, -0.05) is 19.1 Å². The van der Waals surface area contributed by atoms with Gasteiger partial charge in [-0.25, -0.2) is 13.6 Å². The standard InChI is InChI=1S/C14H21F2N3O/c1-4-17-10(2)11-6-5-7-12(8-11)18-14(20)19(3)9-13(15)16/h5-8,10,13,17H,4,9H2,1-3H3,(H,18,20). The number of halogens is 2. The Morgan fingerprint density at radius 1 is 1.40 bits per heavy atom. The van der Waals surface area contributed by atoms with Crippen molar-refractivity contribution in [3.63, 3.8) is 0 Å². The SMILES string of the molecule is CCNC(C)c1cccc(NC(=O)N(C)CC(F)F)c1. The lowest BCUT2D eigenvalue weighted by molar-refractivity contribution is 0.111. The van der Waals surface area contributed by atoms with Crippen molar-refractivity contribution in [2.75, 3.05) is 25.5 Å². The first-order valence-corrected chi connectivity index (χ1v) is 6.57. The number of alkyl halides is 2. The van der Waals surface area contributed by atoms with E-state index in [1.165, 1.54) is 7.05 Å². The number of anilines is 1. The molecular weight excluding hydrogens is 264 g/mol. The average molecular weight is 285 g/mol. The molecular formula is C14H21F2N3O. The van der Waals surface area contributed by atoms with Crippen molar-refractivity contribution in [3.05, 3.63) is 29.8 Å². The lowest BCUT2D eigenvalue weighted by Crippen LogP contribution is -2.34. The van der Waals surface area contributed by atoms with Crippen LogP contribution in [-0.4, -0.2) is 37.5 Å². The van der Waals surface area contributed by atoms with Crippen molar-refractivity contribution in [1.82, 2.24) is 10.2 Å². The van der Waals surface area contributed by atoms with Crippen LogP contribution >= 0.6 is 0 Å². The zero-order valence-corrected chi connectivity index (χ0v) is 12.0. The van der Waals surface area contributed by atoms with E-state index < -0.39 is 19.0 Å². The molecule has 0 bridgehead atoms. The van der Waals surface area contributed by atoms with Crippen molar-refractivity contribution in [2.24, 2.45) is 0 Å². The van der Waals surface area contributed by atoms with E-state index in [0.717, 1.165) is 17.0 Å². The first-order valence-electron chi connectivity index (χ1n) is 6.57. The maximum absolute atomic E-state index is 12.2. The maximum atomic E-state index is 12.2. The predicted octanol–water partition coefficient (Wildman–Crippen LogP) is 3.09. The molecule has 20 heavy (non-hydrogen) atoms. The van der Waals surface area contributed by atoms with Crippen LogP contribution in [0.4, 0.5) is 19.3 Å². The lowest BCUT2D eigenvalue weighted by Gasteiger charge is -2.18.